The quantitative estimate of drug-likeness (QED) is 0.767. The van der Waals surface area contributed by atoms with Crippen molar-refractivity contribution in [2.24, 2.45) is 0 Å². The molecule has 5 heteroatoms. The second-order valence-corrected chi connectivity index (χ2v) is 7.99. The zero-order chi connectivity index (χ0) is 16.7. The molecule has 0 spiro atoms. The second-order valence-electron chi connectivity index (χ2n) is 5.82. The zero-order valence-electron chi connectivity index (χ0n) is 13.7. The van der Waals surface area contributed by atoms with Crippen LogP contribution >= 0.6 is 23.5 Å². The molecule has 0 bridgehead atoms. The van der Waals surface area contributed by atoms with Gasteiger partial charge in [-0.2, -0.15) is 0 Å². The molecule has 4 rings (SSSR count). The molecular formula is C19H19NO2S2. The van der Waals surface area contributed by atoms with Gasteiger partial charge in [0.05, 0.1) is 6.61 Å². The minimum absolute atomic E-state index is 0.153. The summed E-state index contributed by atoms with van der Waals surface area (Å²) in [4.78, 5) is 15.8. The summed E-state index contributed by atoms with van der Waals surface area (Å²) in [7, 11) is 0. The number of fused-ring (bicyclic) bond motifs is 3. The van der Waals surface area contributed by atoms with Gasteiger partial charge in [-0.05, 0) is 43.0 Å². The molecule has 0 aromatic heterocycles. The van der Waals surface area contributed by atoms with E-state index in [-0.39, 0.29) is 10.8 Å². The van der Waals surface area contributed by atoms with Gasteiger partial charge in [0.2, 0.25) is 0 Å². The Morgan fingerprint density at radius 3 is 2.75 bits per heavy atom. The van der Waals surface area contributed by atoms with Gasteiger partial charge in [0.1, 0.15) is 10.6 Å². The first-order chi connectivity index (χ1) is 11.7. The lowest BCUT2D eigenvalue weighted by Crippen LogP contribution is -2.37. The fraction of sp³-hybridized carbons (Fsp3) is 0.316. The Labute approximate surface area is 150 Å². The van der Waals surface area contributed by atoms with Crippen molar-refractivity contribution in [3.63, 3.8) is 0 Å². The van der Waals surface area contributed by atoms with E-state index in [9.17, 15) is 4.79 Å². The van der Waals surface area contributed by atoms with Crippen LogP contribution in [0.15, 0.2) is 47.4 Å². The van der Waals surface area contributed by atoms with Crippen molar-refractivity contribution >= 4 is 29.4 Å². The predicted molar refractivity (Wildman–Crippen MR) is 100 cm³/mol. The lowest BCUT2D eigenvalue weighted by molar-refractivity contribution is 0.0752. The number of carbonyl (C=O) groups excluding carboxylic acids is 1. The molecule has 0 radical (unpaired) electrons. The van der Waals surface area contributed by atoms with Crippen LogP contribution < -0.4 is 4.74 Å². The molecular weight excluding hydrogens is 338 g/mol. The maximum Gasteiger partial charge on any atom is 0.255 e. The molecule has 2 heterocycles. The Morgan fingerprint density at radius 2 is 2.04 bits per heavy atom. The summed E-state index contributed by atoms with van der Waals surface area (Å²) in [6.45, 7) is 3.43. The van der Waals surface area contributed by atoms with Crippen LogP contribution in [0.1, 0.15) is 28.4 Å². The number of amides is 1. The highest BCUT2D eigenvalue weighted by molar-refractivity contribution is 8.00. The van der Waals surface area contributed by atoms with E-state index in [1.165, 1.54) is 0 Å². The van der Waals surface area contributed by atoms with E-state index in [2.05, 4.69) is 24.3 Å². The molecule has 24 heavy (non-hydrogen) atoms. The summed E-state index contributed by atoms with van der Waals surface area (Å²) in [6.07, 6.45) is 2.04. The normalized spacial score (nSPS) is 21.8. The average Bonchev–Trinajstić information content (AvgIpc) is 3.15. The third kappa shape index (κ3) is 2.18. The third-order valence-electron chi connectivity index (χ3n) is 4.63. The van der Waals surface area contributed by atoms with Gasteiger partial charge >= 0.3 is 0 Å². The predicted octanol–water partition coefficient (Wildman–Crippen LogP) is 4.21. The van der Waals surface area contributed by atoms with Crippen molar-refractivity contribution in [1.29, 1.82) is 0 Å². The maximum atomic E-state index is 13.0. The largest absolute Gasteiger partial charge is 0.494 e. The van der Waals surface area contributed by atoms with Crippen LogP contribution in [0.25, 0.3) is 0 Å². The summed E-state index contributed by atoms with van der Waals surface area (Å²) in [6, 6.07) is 14.5. The number of benzene rings is 2. The van der Waals surface area contributed by atoms with E-state index in [0.717, 1.165) is 39.6 Å². The molecule has 3 nitrogen and oxygen atoms in total. The molecule has 2 aliphatic rings. The maximum absolute atomic E-state index is 13.0. The molecule has 0 aliphatic carbocycles. The fourth-order valence-corrected chi connectivity index (χ4v) is 5.57. The summed E-state index contributed by atoms with van der Waals surface area (Å²) in [5.41, 5.74) is 3.12. The fourth-order valence-electron chi connectivity index (χ4n) is 3.59. The minimum Gasteiger partial charge on any atom is -0.494 e. The Morgan fingerprint density at radius 1 is 1.25 bits per heavy atom. The highest BCUT2D eigenvalue weighted by Crippen LogP contribution is 2.55. The summed E-state index contributed by atoms with van der Waals surface area (Å²) in [5, 5.41) is 0. The lowest BCUT2D eigenvalue weighted by Gasteiger charge is -2.32. The molecule has 0 N–H and O–H groups in total. The number of hydrogen-bond donors (Lipinski definition) is 0. The van der Waals surface area contributed by atoms with Crippen LogP contribution in [0.3, 0.4) is 0 Å². The van der Waals surface area contributed by atoms with E-state index in [0.29, 0.717) is 6.61 Å². The highest BCUT2D eigenvalue weighted by atomic mass is 32.2. The Bertz CT molecular complexity index is 790. The molecule has 124 valence electrons. The molecule has 1 unspecified atom stereocenters. The number of thioether (sulfide) groups is 2. The van der Waals surface area contributed by atoms with E-state index < -0.39 is 0 Å². The first kappa shape index (κ1) is 15.9. The van der Waals surface area contributed by atoms with Crippen LogP contribution in [0.5, 0.6) is 5.75 Å². The summed E-state index contributed by atoms with van der Waals surface area (Å²) < 4.78 is 5.56. The zero-order valence-corrected chi connectivity index (χ0v) is 15.4. The van der Waals surface area contributed by atoms with Crippen LogP contribution in [0, 0.1) is 0 Å². The first-order valence-corrected chi connectivity index (χ1v) is 10.3. The van der Waals surface area contributed by atoms with E-state index >= 15 is 0 Å². The van der Waals surface area contributed by atoms with E-state index in [4.69, 9.17) is 4.74 Å². The van der Waals surface area contributed by atoms with Gasteiger partial charge < -0.3 is 9.64 Å². The molecule has 1 saturated heterocycles. The lowest BCUT2D eigenvalue weighted by atomic mass is 9.97. The van der Waals surface area contributed by atoms with Crippen molar-refractivity contribution in [3.8, 4) is 5.75 Å². The van der Waals surface area contributed by atoms with Crippen LogP contribution in [0.2, 0.25) is 0 Å². The van der Waals surface area contributed by atoms with Gasteiger partial charge in [0.25, 0.3) is 5.91 Å². The van der Waals surface area contributed by atoms with Gasteiger partial charge in [-0.15, -0.1) is 23.5 Å². The van der Waals surface area contributed by atoms with Gasteiger partial charge in [0, 0.05) is 28.3 Å². The highest BCUT2D eigenvalue weighted by Gasteiger charge is 2.54. The van der Waals surface area contributed by atoms with Crippen molar-refractivity contribution < 1.29 is 9.53 Å². The van der Waals surface area contributed by atoms with Gasteiger partial charge in [-0.1, -0.05) is 18.2 Å². The van der Waals surface area contributed by atoms with Gasteiger partial charge in [-0.3, -0.25) is 4.79 Å². The number of carbonyl (C=O) groups is 1. The molecule has 0 saturated carbocycles. The Kier molecular flexibility index (Phi) is 4.01. The average molecular weight is 358 g/mol. The Balaban J connectivity index is 1.85. The smallest absolute Gasteiger partial charge is 0.255 e. The molecule has 2 aliphatic heterocycles. The Hall–Kier alpha value is -1.59. The SMILES string of the molecule is CCOc1ccc(C23SCCN2C(=O)c2cc(SC)ccc23)cc1. The molecule has 2 aromatic carbocycles. The number of rotatable bonds is 4. The topological polar surface area (TPSA) is 29.5 Å². The molecule has 1 amide bonds. The monoisotopic (exact) mass is 357 g/mol. The van der Waals surface area contributed by atoms with E-state index in [1.807, 2.05) is 48.0 Å². The third-order valence-corrected chi connectivity index (χ3v) is 6.84. The molecule has 1 fully saturated rings. The van der Waals surface area contributed by atoms with E-state index in [1.54, 1.807) is 11.8 Å². The minimum atomic E-state index is -0.381. The second kappa shape index (κ2) is 6.05. The van der Waals surface area contributed by atoms with Crippen molar-refractivity contribution in [2.75, 3.05) is 25.2 Å². The summed E-state index contributed by atoms with van der Waals surface area (Å²) in [5.74, 6) is 1.98. The van der Waals surface area contributed by atoms with Crippen molar-refractivity contribution in [2.45, 2.75) is 16.7 Å². The van der Waals surface area contributed by atoms with Gasteiger partial charge in [-0.25, -0.2) is 0 Å². The number of hydrogen-bond acceptors (Lipinski definition) is 4. The molecule has 2 aromatic rings. The van der Waals surface area contributed by atoms with Crippen molar-refractivity contribution in [3.05, 3.63) is 59.2 Å². The van der Waals surface area contributed by atoms with Crippen molar-refractivity contribution in [1.82, 2.24) is 4.90 Å². The van der Waals surface area contributed by atoms with Crippen LogP contribution in [-0.2, 0) is 4.87 Å². The number of nitrogens with zero attached hydrogens (tertiary/aromatic N) is 1. The summed E-state index contributed by atoms with van der Waals surface area (Å²) >= 11 is 3.52. The van der Waals surface area contributed by atoms with Crippen LogP contribution in [-0.4, -0.2) is 36.0 Å². The van der Waals surface area contributed by atoms with Gasteiger partial charge in [0.15, 0.2) is 0 Å². The standard InChI is InChI=1S/C19H19NO2S2/c1-3-22-14-6-4-13(5-7-14)19-17-9-8-15(23-2)12-16(17)18(21)20(19)10-11-24-19/h4-9,12H,3,10-11H2,1-2H3. The molecule has 1 atom stereocenters. The number of ether oxygens (including phenoxy) is 1. The first-order valence-electron chi connectivity index (χ1n) is 8.08. The van der Waals surface area contributed by atoms with Crippen LogP contribution in [0.4, 0.5) is 0 Å².